The molecule has 0 aliphatic carbocycles. The average molecular weight is 1780 g/mol. The highest BCUT2D eigenvalue weighted by molar-refractivity contribution is 5.77. The second-order valence-electron chi connectivity index (χ2n) is 33.5. The summed E-state index contributed by atoms with van der Waals surface area (Å²) in [5, 5.41) is 259. The van der Waals surface area contributed by atoms with E-state index in [2.05, 4.69) is 24.5 Å². The first-order valence-electron chi connectivity index (χ1n) is 44.2. The van der Waals surface area contributed by atoms with Crippen LogP contribution in [0.3, 0.4) is 0 Å². The van der Waals surface area contributed by atoms with E-state index >= 15 is 0 Å². The van der Waals surface area contributed by atoms with Crippen molar-refractivity contribution in [2.75, 3.05) is 46.2 Å². The summed E-state index contributed by atoms with van der Waals surface area (Å²) >= 11 is 0. The lowest BCUT2D eigenvalue weighted by atomic mass is 9.90. The molecule has 6 rings (SSSR count). The summed E-state index contributed by atoms with van der Waals surface area (Å²) in [6, 6.07) is -3.26. The number of hydrogen-bond acceptors (Lipinski definition) is 37. The van der Waals surface area contributed by atoms with Crippen LogP contribution in [0.25, 0.3) is 0 Å². The van der Waals surface area contributed by atoms with Crippen molar-refractivity contribution in [3.63, 3.8) is 0 Å². The van der Waals surface area contributed by atoms with E-state index in [0.29, 0.717) is 12.8 Å². The van der Waals surface area contributed by atoms with Crippen LogP contribution in [0.5, 0.6) is 0 Å². The molecule has 0 saturated carbocycles. The number of carbonyl (C=O) groups is 4. The number of allylic oxidation sites excluding steroid dienone is 1. The molecule has 34 atom stereocenters. The fourth-order valence-electron chi connectivity index (χ4n) is 16.3. The number of nitrogens with one attached hydrogen (secondary N) is 2. The number of aliphatic hydroxyl groups is 21. The van der Waals surface area contributed by atoms with Crippen LogP contribution in [0.1, 0.15) is 226 Å². The smallest absolute Gasteiger partial charge is 0.364 e. The number of amides is 2. The molecular weight excluding hydrogens is 1640 g/mol. The van der Waals surface area contributed by atoms with E-state index in [0.717, 1.165) is 64.7 Å². The van der Waals surface area contributed by atoms with Crippen LogP contribution in [0, 0.1) is 0 Å². The molecule has 0 aromatic carbocycles. The average Bonchev–Trinajstić information content (AvgIpc) is 0.755. The topological polar surface area (TPSA) is 668 Å². The molecule has 41 nitrogen and oxygen atoms in total. The number of aliphatic hydroxyl groups excluding tert-OH is 21. The molecule has 6 fully saturated rings. The Hall–Kier alpha value is -3.70. The van der Waals surface area contributed by atoms with Gasteiger partial charge in [-0.15, -0.1) is 0 Å². The molecule has 6 aliphatic rings. The van der Waals surface area contributed by atoms with E-state index in [1.165, 1.54) is 122 Å². The normalized spacial score (nSPS) is 36.0. The lowest BCUT2D eigenvalue weighted by molar-refractivity contribution is -0.393. The second-order valence-corrected chi connectivity index (χ2v) is 33.5. The summed E-state index contributed by atoms with van der Waals surface area (Å²) in [5.74, 6) is -12.3. The molecule has 6 heterocycles. The van der Waals surface area contributed by atoms with Gasteiger partial charge in [-0.2, -0.15) is 0 Å². The molecule has 6 saturated heterocycles. The minimum Gasteiger partial charge on any atom is -0.477 e. The Bertz CT molecular complexity index is 2980. The van der Waals surface area contributed by atoms with Crippen LogP contribution in [0.4, 0.5) is 0 Å². The van der Waals surface area contributed by atoms with Crippen molar-refractivity contribution in [1.82, 2.24) is 10.6 Å². The van der Waals surface area contributed by atoms with Gasteiger partial charge < -0.3 is 185 Å². The highest BCUT2D eigenvalue weighted by Gasteiger charge is 2.63. The first-order valence-corrected chi connectivity index (χ1v) is 44.2. The SMILES string of the molecule is CCCCCCCCCCCCC/C=C/[C@@H](O)[C@H](CO[C@@H]1OC(CO)[C@@H](O[C@@H]2OC(CO)[C@H](O[C@@H]3OC(CO[C@]4(C(=O)O)CC(O)[C@@H](O)C([C@H](O)[C@H](O)CO)O4)[C@H](O)[C@H](O[C@@H]4OC(CO)[C@H](O)[C@H](O[C@]5(C(=O)O)CC(O)[C@@H](O)C([C@H](O)[C@H](O)CO)O5)C4O)C3NC(C)=O)[C@H](O)C2O)[C@H](O)C1O)NC(=O)CCCCCCCCCCCCCCCCCCC. The zero-order valence-corrected chi connectivity index (χ0v) is 71.0. The van der Waals surface area contributed by atoms with Crippen molar-refractivity contribution >= 4 is 23.8 Å². The summed E-state index contributed by atoms with van der Waals surface area (Å²) in [6.45, 7) is -2.46. The highest BCUT2D eigenvalue weighted by Crippen LogP contribution is 2.42. The van der Waals surface area contributed by atoms with Gasteiger partial charge in [-0.25, -0.2) is 9.59 Å². The van der Waals surface area contributed by atoms with Crippen LogP contribution < -0.4 is 10.6 Å². The third kappa shape index (κ3) is 31.8. The van der Waals surface area contributed by atoms with Gasteiger partial charge in [0.2, 0.25) is 11.8 Å². The molecular formula is C82H146N2O39. The van der Waals surface area contributed by atoms with Crippen molar-refractivity contribution in [3.05, 3.63) is 12.2 Å². The van der Waals surface area contributed by atoms with Gasteiger partial charge in [0.05, 0.1) is 70.6 Å². The second kappa shape index (κ2) is 55.5. The van der Waals surface area contributed by atoms with E-state index in [1.807, 2.05) is 6.08 Å². The maximum atomic E-state index is 13.6. The first kappa shape index (κ1) is 108. The summed E-state index contributed by atoms with van der Waals surface area (Å²) in [6.07, 6.45) is -31.9. The van der Waals surface area contributed by atoms with Crippen LogP contribution >= 0.6 is 0 Å². The van der Waals surface area contributed by atoms with Gasteiger partial charge in [0.1, 0.15) is 146 Å². The van der Waals surface area contributed by atoms with Crippen LogP contribution in [0.15, 0.2) is 12.2 Å². The van der Waals surface area contributed by atoms with Gasteiger partial charge in [0.15, 0.2) is 25.2 Å². The van der Waals surface area contributed by atoms with Gasteiger partial charge in [-0.1, -0.05) is 193 Å². The summed E-state index contributed by atoms with van der Waals surface area (Å²) < 4.78 is 70.5. The van der Waals surface area contributed by atoms with Crippen molar-refractivity contribution in [2.45, 2.75) is 434 Å². The van der Waals surface area contributed by atoms with Crippen LogP contribution in [-0.2, 0) is 76.0 Å². The molecule has 0 bridgehead atoms. The Morgan fingerprint density at radius 2 is 0.829 bits per heavy atom. The van der Waals surface area contributed by atoms with Crippen molar-refractivity contribution in [2.24, 2.45) is 0 Å². The number of hydrogen-bond donors (Lipinski definition) is 25. The van der Waals surface area contributed by atoms with Gasteiger partial charge in [-0.05, 0) is 19.3 Å². The number of rotatable bonds is 59. The quantitative estimate of drug-likeness (QED) is 0.0209. The zero-order chi connectivity index (χ0) is 90.7. The molecule has 0 radical (unpaired) electrons. The van der Waals surface area contributed by atoms with E-state index < -0.39 is 284 Å². The lowest BCUT2D eigenvalue weighted by Gasteiger charge is -2.51. The number of ether oxygens (including phenoxy) is 12. The lowest BCUT2D eigenvalue weighted by Crippen LogP contribution is -2.71. The van der Waals surface area contributed by atoms with E-state index in [1.54, 1.807) is 0 Å². The molecule has 12 unspecified atom stereocenters. The maximum Gasteiger partial charge on any atom is 0.364 e. The molecule has 0 aromatic rings. The maximum absolute atomic E-state index is 13.6. The van der Waals surface area contributed by atoms with E-state index in [9.17, 15) is 137 Å². The van der Waals surface area contributed by atoms with E-state index in [-0.39, 0.29) is 12.3 Å². The Morgan fingerprint density at radius 3 is 1.28 bits per heavy atom. The standard InChI is InChI=1S/C82H146N2O39/c1-4-6-8-10-12-14-16-18-19-20-21-23-25-27-29-31-33-35-56(96)84-46(47(91)34-32-30-28-26-24-22-17-15-13-11-9-7-5-2)43-112-76-66(105)64(103)70(53(41-88)115-76)119-77-67(106)65(104)69(54(42-89)116-77)118-75-57(83-45(3)90)71(63(102)55(117-75)44-113-81(79(108)109)36-48(92)58(97)72(121-81)60(99)50(94)38-85)120-78-68(107)74(62(101)52(40-87)114-78)123-82(80(110)111)37-49(93)59(98)73(122-82)61(100)51(95)39-86/h32,34,46-55,57-78,85-89,91-95,97-107H,4-31,33,35-44H2,1-3H3,(H,83,90)(H,84,96)(H,108,109)(H,110,111)/b34-32+/t46-,47+,48?,49?,50+,51+,52?,53?,54?,55?,57?,58+,59+,60+,61+,62-,63-,64+,65+,66?,67?,68?,69-,70+,71+,72?,73?,74-,75-,76+,77-,78-,81+,82-/m0/s1. The first-order chi connectivity index (χ1) is 58.7. The molecule has 2 amide bonds. The number of carboxylic acid groups (broad SMARTS) is 2. The van der Waals surface area contributed by atoms with Crippen molar-refractivity contribution in [1.29, 1.82) is 0 Å². The molecule has 718 valence electrons. The fraction of sp³-hybridized carbons (Fsp3) is 0.927. The summed E-state index contributed by atoms with van der Waals surface area (Å²) in [5.41, 5.74) is 0. The summed E-state index contributed by atoms with van der Waals surface area (Å²) in [7, 11) is 0. The Balaban J connectivity index is 1.20. The van der Waals surface area contributed by atoms with Gasteiger partial charge >= 0.3 is 11.9 Å². The molecule has 25 N–H and O–H groups in total. The number of aliphatic carboxylic acids is 2. The number of carboxylic acids is 2. The van der Waals surface area contributed by atoms with Gasteiger partial charge in [-0.3, -0.25) is 9.59 Å². The third-order valence-corrected chi connectivity index (χ3v) is 23.8. The van der Waals surface area contributed by atoms with E-state index in [4.69, 9.17) is 56.8 Å². The Labute approximate surface area is 717 Å². The molecule has 0 spiro atoms. The highest BCUT2D eigenvalue weighted by atomic mass is 16.8. The molecule has 41 heteroatoms. The van der Waals surface area contributed by atoms with Gasteiger partial charge in [0, 0.05) is 26.2 Å². The zero-order valence-electron chi connectivity index (χ0n) is 71.0. The largest absolute Gasteiger partial charge is 0.477 e. The van der Waals surface area contributed by atoms with Crippen LogP contribution in [0.2, 0.25) is 0 Å². The van der Waals surface area contributed by atoms with Crippen molar-refractivity contribution in [3.8, 4) is 0 Å². The minimum absolute atomic E-state index is 0.134. The Morgan fingerprint density at radius 1 is 0.439 bits per heavy atom. The van der Waals surface area contributed by atoms with Crippen LogP contribution in [-0.4, -0.2) is 395 Å². The fourth-order valence-corrected chi connectivity index (χ4v) is 16.3. The molecule has 0 aromatic heterocycles. The summed E-state index contributed by atoms with van der Waals surface area (Å²) in [4.78, 5) is 53.5. The predicted molar refractivity (Wildman–Crippen MR) is 426 cm³/mol. The van der Waals surface area contributed by atoms with Gasteiger partial charge in [0.25, 0.3) is 11.6 Å². The molecule has 123 heavy (non-hydrogen) atoms. The predicted octanol–water partition coefficient (Wildman–Crippen LogP) is -3.38. The van der Waals surface area contributed by atoms with Crippen molar-refractivity contribution < 1.29 is 193 Å². The minimum atomic E-state index is -3.35. The Kier molecular flexibility index (Phi) is 48.7. The molecule has 6 aliphatic heterocycles. The third-order valence-electron chi connectivity index (χ3n) is 23.8. The monoisotopic (exact) mass is 1780 g/mol. The number of unbranched alkanes of at least 4 members (excludes halogenated alkanes) is 27. The number of carbonyl (C=O) groups excluding carboxylic acids is 2.